The first-order valence-electron chi connectivity index (χ1n) is 13.2. The largest absolute Gasteiger partial charge is 0.416 e. The van der Waals surface area contributed by atoms with E-state index < -0.39 is 91.1 Å². The van der Waals surface area contributed by atoms with Crippen LogP contribution in [0.5, 0.6) is 0 Å². The predicted octanol–water partition coefficient (Wildman–Crippen LogP) is 8.78. The van der Waals surface area contributed by atoms with E-state index >= 15 is 0 Å². The summed E-state index contributed by atoms with van der Waals surface area (Å²) in [5, 5.41) is 36.4. The Morgan fingerprint density at radius 3 is 0.920 bits per heavy atom. The number of halogens is 12. The highest BCUT2D eigenvalue weighted by Crippen LogP contribution is 2.43. The normalized spacial score (nSPS) is 13.4. The van der Waals surface area contributed by atoms with E-state index in [9.17, 15) is 73.7 Å². The number of fused-ring (bicyclic) bond motifs is 2. The molecule has 6 nitrogen and oxygen atoms in total. The minimum absolute atomic E-state index is 0.179. The fraction of sp³-hybridized carbons (Fsp3) is 0.125. The zero-order valence-corrected chi connectivity index (χ0v) is 23.8. The van der Waals surface area contributed by atoms with E-state index in [0.29, 0.717) is 0 Å². The van der Waals surface area contributed by atoms with Gasteiger partial charge in [-0.25, -0.2) is 0 Å². The molecule has 250 valence electrons. The number of benzene rings is 3. The van der Waals surface area contributed by atoms with Crippen molar-refractivity contribution in [3.63, 3.8) is 0 Å². The fourth-order valence-electron chi connectivity index (χ4n) is 5.51. The SMILES string of the molecule is N#CN=c1c(-c2cc(C(F)(F)F)cc(C(F)(F)F)c2)c(C#N)c2cc3c(C#N)c(-c4cc(C(F)(F)F)cc(C(F)(F)F)c4)c(=NC#N)c3cc12. The van der Waals surface area contributed by atoms with Gasteiger partial charge < -0.3 is 0 Å². The van der Waals surface area contributed by atoms with Crippen molar-refractivity contribution >= 4 is 21.5 Å². The standard InChI is InChI=1S/C32H8F12N6/c33-29(34,35)15-1-13(2-16(5-15)30(36,37)38)25-23(9-45)19-7-20-22(8-21(19)27(25)49-11-47)28(50-12-48)26(24(20)10-46)14-3-17(31(39,40)41)6-18(4-14)32(42,43)44/h1-8H. The topological polar surface area (TPSA) is 120 Å². The minimum atomic E-state index is -5.32. The van der Waals surface area contributed by atoms with Gasteiger partial charge in [0.1, 0.15) is 12.1 Å². The Bertz CT molecular complexity index is 2300. The van der Waals surface area contributed by atoms with Crippen LogP contribution >= 0.6 is 0 Å². The average molecular weight is 704 g/mol. The Hall–Kier alpha value is -6.40. The van der Waals surface area contributed by atoms with Crippen LogP contribution in [0.3, 0.4) is 0 Å². The van der Waals surface area contributed by atoms with Crippen molar-refractivity contribution < 1.29 is 52.7 Å². The third kappa shape index (κ3) is 5.92. The van der Waals surface area contributed by atoms with Gasteiger partial charge in [0.2, 0.25) is 12.4 Å². The van der Waals surface area contributed by atoms with Gasteiger partial charge in [-0.05, 0) is 59.7 Å². The van der Waals surface area contributed by atoms with Gasteiger partial charge >= 0.3 is 24.7 Å². The van der Waals surface area contributed by atoms with E-state index in [1.165, 1.54) is 12.4 Å². The number of rotatable bonds is 2. The monoisotopic (exact) mass is 704 g/mol. The van der Waals surface area contributed by atoms with Gasteiger partial charge in [-0.1, -0.05) is 0 Å². The maximum absolute atomic E-state index is 13.7. The first-order chi connectivity index (χ1) is 23.1. The molecule has 0 radical (unpaired) electrons. The quantitative estimate of drug-likeness (QED) is 0.135. The lowest BCUT2D eigenvalue weighted by Gasteiger charge is -2.14. The van der Waals surface area contributed by atoms with Crippen LogP contribution in [0.25, 0.3) is 43.8 Å². The Labute approximate surface area is 269 Å². The molecule has 0 saturated carbocycles. The van der Waals surface area contributed by atoms with Gasteiger partial charge in [-0.2, -0.15) is 83.7 Å². The molecule has 0 aromatic heterocycles. The van der Waals surface area contributed by atoms with Gasteiger partial charge in [0.05, 0.1) is 44.1 Å². The molecule has 0 N–H and O–H groups in total. The summed E-state index contributed by atoms with van der Waals surface area (Å²) < 4.78 is 164. The predicted molar refractivity (Wildman–Crippen MR) is 146 cm³/mol. The third-order valence-electron chi connectivity index (χ3n) is 7.48. The van der Waals surface area contributed by atoms with E-state index in [1.54, 1.807) is 12.1 Å². The smallest absolute Gasteiger partial charge is 0.192 e. The molecule has 0 aliphatic carbocycles. The zero-order chi connectivity index (χ0) is 37.1. The second-order valence-corrected chi connectivity index (χ2v) is 10.4. The third-order valence-corrected chi connectivity index (χ3v) is 7.48. The van der Waals surface area contributed by atoms with Crippen LogP contribution < -0.4 is 10.7 Å². The van der Waals surface area contributed by atoms with Crippen molar-refractivity contribution in [2.75, 3.05) is 0 Å². The highest BCUT2D eigenvalue weighted by molar-refractivity contribution is 6.10. The summed E-state index contributed by atoms with van der Waals surface area (Å²) in [6, 6.07) is 5.92. The summed E-state index contributed by atoms with van der Waals surface area (Å²) in [7, 11) is 0. The van der Waals surface area contributed by atoms with E-state index in [4.69, 9.17) is 0 Å². The number of nitrogens with zero attached hydrogens (tertiary/aromatic N) is 6. The van der Waals surface area contributed by atoms with E-state index in [-0.39, 0.29) is 57.9 Å². The molecule has 18 heteroatoms. The maximum atomic E-state index is 13.7. The number of hydrogen-bond donors (Lipinski definition) is 0. The molecule has 0 fully saturated rings. The molecular formula is C32H8F12N6. The highest BCUT2D eigenvalue weighted by atomic mass is 19.4. The zero-order valence-electron chi connectivity index (χ0n) is 23.8. The van der Waals surface area contributed by atoms with E-state index in [1.807, 2.05) is 0 Å². The summed E-state index contributed by atoms with van der Waals surface area (Å²) >= 11 is 0. The lowest BCUT2D eigenvalue weighted by molar-refractivity contribution is -0.144. The van der Waals surface area contributed by atoms with Crippen LogP contribution in [-0.4, -0.2) is 0 Å². The van der Waals surface area contributed by atoms with Crippen LogP contribution in [0.2, 0.25) is 0 Å². The van der Waals surface area contributed by atoms with E-state index in [2.05, 4.69) is 9.98 Å². The van der Waals surface area contributed by atoms with Crippen molar-refractivity contribution in [1.29, 1.82) is 21.0 Å². The van der Waals surface area contributed by atoms with Gasteiger partial charge in [0.15, 0.2) is 0 Å². The Morgan fingerprint density at radius 1 is 0.400 bits per heavy atom. The van der Waals surface area contributed by atoms with Crippen molar-refractivity contribution in [1.82, 2.24) is 0 Å². The van der Waals surface area contributed by atoms with Gasteiger partial charge in [0, 0.05) is 32.7 Å². The highest BCUT2D eigenvalue weighted by Gasteiger charge is 2.39. The first-order valence-corrected chi connectivity index (χ1v) is 13.2. The molecule has 0 saturated heterocycles. The molecule has 0 amide bonds. The molecule has 0 atom stereocenters. The number of alkyl halides is 12. The lowest BCUT2D eigenvalue weighted by Crippen LogP contribution is -2.12. The van der Waals surface area contributed by atoms with E-state index in [0.717, 1.165) is 12.1 Å². The summed E-state index contributed by atoms with van der Waals surface area (Å²) in [5.41, 5.74) is -11.4. The molecule has 5 rings (SSSR count). The van der Waals surface area contributed by atoms with Gasteiger partial charge in [0.25, 0.3) is 0 Å². The molecule has 0 aliphatic rings. The maximum Gasteiger partial charge on any atom is 0.416 e. The Kier molecular flexibility index (Phi) is 8.13. The van der Waals surface area contributed by atoms with Crippen LogP contribution in [0.15, 0.2) is 58.5 Å². The first kappa shape index (κ1) is 34.9. The summed E-state index contributed by atoms with van der Waals surface area (Å²) in [6.45, 7) is 0. The van der Waals surface area contributed by atoms with Crippen LogP contribution in [-0.2, 0) is 24.7 Å². The van der Waals surface area contributed by atoms with Crippen molar-refractivity contribution in [3.8, 4) is 46.8 Å². The molecule has 5 aromatic rings. The molecule has 5 aromatic carbocycles. The van der Waals surface area contributed by atoms with Crippen LogP contribution in [0.1, 0.15) is 33.4 Å². The van der Waals surface area contributed by atoms with Crippen molar-refractivity contribution in [3.05, 3.63) is 92.6 Å². The van der Waals surface area contributed by atoms with Crippen molar-refractivity contribution in [2.24, 2.45) is 9.98 Å². The molecule has 0 unspecified atom stereocenters. The second-order valence-electron chi connectivity index (χ2n) is 10.4. The minimum Gasteiger partial charge on any atom is -0.192 e. The summed E-state index contributed by atoms with van der Waals surface area (Å²) in [6.07, 6.45) is -18.6. The fourth-order valence-corrected chi connectivity index (χ4v) is 5.51. The average Bonchev–Trinajstić information content (AvgIpc) is 3.49. The molecule has 0 spiro atoms. The summed E-state index contributed by atoms with van der Waals surface area (Å²) in [4.78, 5) is 7.02. The van der Waals surface area contributed by atoms with Crippen molar-refractivity contribution in [2.45, 2.75) is 24.7 Å². The summed E-state index contributed by atoms with van der Waals surface area (Å²) in [5.74, 6) is 0. The Balaban J connectivity index is 1.99. The molecule has 50 heavy (non-hydrogen) atoms. The molecular weight excluding hydrogens is 696 g/mol. The van der Waals surface area contributed by atoms with Gasteiger partial charge in [-0.15, -0.1) is 0 Å². The molecule has 0 bridgehead atoms. The van der Waals surface area contributed by atoms with Gasteiger partial charge in [-0.3, -0.25) is 0 Å². The number of hydrogen-bond acceptors (Lipinski definition) is 6. The van der Waals surface area contributed by atoms with Crippen LogP contribution in [0, 0.1) is 45.6 Å². The lowest BCUT2D eigenvalue weighted by atomic mass is 9.97. The van der Waals surface area contributed by atoms with Crippen LogP contribution in [0.4, 0.5) is 52.7 Å². The molecule has 0 aliphatic heterocycles. The second kappa shape index (κ2) is 11.6. The Morgan fingerprint density at radius 2 is 0.680 bits per heavy atom. The number of nitriles is 4. The molecule has 0 heterocycles.